The van der Waals surface area contributed by atoms with Crippen molar-refractivity contribution in [3.05, 3.63) is 40.9 Å². The summed E-state index contributed by atoms with van der Waals surface area (Å²) in [5, 5.41) is 10.8. The first-order valence-electron chi connectivity index (χ1n) is 7.78. The van der Waals surface area contributed by atoms with Crippen LogP contribution in [0.25, 0.3) is 0 Å². The normalized spacial score (nSPS) is 10.5. The van der Waals surface area contributed by atoms with Crippen LogP contribution in [0, 0.1) is 12.8 Å². The molecule has 0 aliphatic heterocycles. The smallest absolute Gasteiger partial charge is 0.271 e. The molecular formula is C17H22N4O2S. The number of benzene rings is 1. The number of carbonyl (C=O) groups excluding carboxylic acids is 2. The Balaban J connectivity index is 1.85. The summed E-state index contributed by atoms with van der Waals surface area (Å²) >= 11 is 1.34. The number of amides is 2. The number of hydrogen-bond acceptors (Lipinski definition) is 5. The molecule has 0 radical (unpaired) electrons. The summed E-state index contributed by atoms with van der Waals surface area (Å²) in [6.45, 7) is 6.57. The lowest BCUT2D eigenvalue weighted by Crippen LogP contribution is -2.38. The van der Waals surface area contributed by atoms with Crippen molar-refractivity contribution in [1.29, 1.82) is 0 Å². The van der Waals surface area contributed by atoms with Gasteiger partial charge in [0.05, 0.1) is 6.54 Å². The van der Waals surface area contributed by atoms with E-state index in [2.05, 4.69) is 20.9 Å². The van der Waals surface area contributed by atoms with Crippen molar-refractivity contribution in [1.82, 2.24) is 15.6 Å². The van der Waals surface area contributed by atoms with Crippen LogP contribution in [0.1, 0.15) is 29.9 Å². The number of aromatic nitrogens is 1. The number of carbonyl (C=O) groups is 2. The maximum absolute atomic E-state index is 12.0. The molecule has 3 N–H and O–H groups in total. The molecule has 128 valence electrons. The lowest BCUT2D eigenvalue weighted by atomic mass is 10.2. The Morgan fingerprint density at radius 2 is 2.04 bits per heavy atom. The maximum atomic E-state index is 12.0. The Morgan fingerprint density at radius 3 is 2.75 bits per heavy atom. The number of aryl methyl sites for hydroxylation is 1. The minimum absolute atomic E-state index is 0.0519. The molecule has 0 atom stereocenters. The molecule has 0 saturated carbocycles. The fraction of sp³-hybridized carbons (Fsp3) is 0.353. The third kappa shape index (κ3) is 5.66. The molecule has 2 rings (SSSR count). The van der Waals surface area contributed by atoms with Gasteiger partial charge in [-0.2, -0.15) is 0 Å². The van der Waals surface area contributed by atoms with Gasteiger partial charge in [0.1, 0.15) is 5.69 Å². The van der Waals surface area contributed by atoms with Crippen molar-refractivity contribution in [2.24, 2.45) is 5.92 Å². The monoisotopic (exact) mass is 346 g/mol. The molecule has 0 bridgehead atoms. The molecule has 0 aliphatic rings. The van der Waals surface area contributed by atoms with Crippen LogP contribution < -0.4 is 16.0 Å². The zero-order valence-electron chi connectivity index (χ0n) is 14.1. The molecule has 0 fully saturated rings. The molecule has 6 nitrogen and oxygen atoms in total. The number of nitrogens with one attached hydrogen (secondary N) is 3. The molecule has 0 spiro atoms. The van der Waals surface area contributed by atoms with Gasteiger partial charge in [-0.15, -0.1) is 11.3 Å². The predicted octanol–water partition coefficient (Wildman–Crippen LogP) is 2.70. The zero-order chi connectivity index (χ0) is 17.5. The molecular weight excluding hydrogens is 324 g/mol. The first kappa shape index (κ1) is 17.9. The van der Waals surface area contributed by atoms with E-state index in [1.165, 1.54) is 11.3 Å². The van der Waals surface area contributed by atoms with Crippen molar-refractivity contribution in [3.63, 3.8) is 0 Å². The summed E-state index contributed by atoms with van der Waals surface area (Å²) in [6.07, 6.45) is 0. The average Bonchev–Trinajstić information content (AvgIpc) is 2.99. The van der Waals surface area contributed by atoms with Crippen LogP contribution in [0.2, 0.25) is 0 Å². The molecule has 0 aliphatic carbocycles. The summed E-state index contributed by atoms with van der Waals surface area (Å²) in [6, 6.07) is 7.90. The Bertz CT molecular complexity index is 712. The van der Waals surface area contributed by atoms with E-state index in [4.69, 9.17) is 0 Å². The highest BCUT2D eigenvalue weighted by Crippen LogP contribution is 2.21. The van der Waals surface area contributed by atoms with E-state index in [1.807, 2.05) is 45.0 Å². The number of nitrogens with zero attached hydrogens (tertiary/aromatic N) is 1. The zero-order valence-corrected chi connectivity index (χ0v) is 14.9. The highest BCUT2D eigenvalue weighted by Gasteiger charge is 2.12. The number of hydrogen-bond donors (Lipinski definition) is 3. The van der Waals surface area contributed by atoms with E-state index in [-0.39, 0.29) is 18.4 Å². The topological polar surface area (TPSA) is 83.1 Å². The fourth-order valence-electron chi connectivity index (χ4n) is 1.91. The lowest BCUT2D eigenvalue weighted by molar-refractivity contribution is -0.120. The second-order valence-electron chi connectivity index (χ2n) is 5.91. The molecule has 0 unspecified atom stereocenters. The fourth-order valence-corrected chi connectivity index (χ4v) is 2.62. The molecule has 2 aromatic rings. The Hall–Kier alpha value is -2.41. The number of anilines is 2. The Kier molecular flexibility index (Phi) is 6.31. The average molecular weight is 346 g/mol. The van der Waals surface area contributed by atoms with E-state index < -0.39 is 0 Å². The second kappa shape index (κ2) is 8.44. The molecule has 0 saturated heterocycles. The van der Waals surface area contributed by atoms with Crippen LogP contribution in [0.3, 0.4) is 0 Å². The predicted molar refractivity (Wildman–Crippen MR) is 96.8 cm³/mol. The molecule has 1 aromatic heterocycles. The third-order valence-corrected chi connectivity index (χ3v) is 3.88. The highest BCUT2D eigenvalue weighted by molar-refractivity contribution is 7.14. The first-order valence-corrected chi connectivity index (χ1v) is 8.66. The summed E-state index contributed by atoms with van der Waals surface area (Å²) in [7, 11) is 0. The van der Waals surface area contributed by atoms with Crippen molar-refractivity contribution in [2.75, 3.05) is 18.4 Å². The summed E-state index contributed by atoms with van der Waals surface area (Å²) < 4.78 is 0. The largest absolute Gasteiger partial charge is 0.354 e. The van der Waals surface area contributed by atoms with Gasteiger partial charge in [0.2, 0.25) is 5.91 Å². The van der Waals surface area contributed by atoms with E-state index in [1.54, 1.807) is 5.38 Å². The summed E-state index contributed by atoms with van der Waals surface area (Å²) in [4.78, 5) is 27.9. The maximum Gasteiger partial charge on any atom is 0.271 e. The molecule has 1 heterocycles. The van der Waals surface area contributed by atoms with Crippen molar-refractivity contribution in [2.45, 2.75) is 20.8 Å². The van der Waals surface area contributed by atoms with Gasteiger partial charge in [0.25, 0.3) is 5.91 Å². The van der Waals surface area contributed by atoms with Gasteiger partial charge in [0, 0.05) is 17.6 Å². The highest BCUT2D eigenvalue weighted by atomic mass is 32.1. The lowest BCUT2D eigenvalue weighted by Gasteiger charge is -2.07. The Labute approximate surface area is 145 Å². The van der Waals surface area contributed by atoms with Gasteiger partial charge < -0.3 is 16.0 Å². The van der Waals surface area contributed by atoms with Crippen molar-refractivity contribution >= 4 is 34.0 Å². The Morgan fingerprint density at radius 1 is 1.25 bits per heavy atom. The second-order valence-corrected chi connectivity index (χ2v) is 6.77. The first-order chi connectivity index (χ1) is 11.4. The van der Waals surface area contributed by atoms with Crippen LogP contribution >= 0.6 is 11.3 Å². The van der Waals surface area contributed by atoms with Crippen LogP contribution in [-0.4, -0.2) is 29.9 Å². The standard InChI is InChI=1S/C17H22N4O2S/c1-11(2)8-18-15(22)9-19-16(23)14-10-24-17(21-14)20-13-6-4-5-12(3)7-13/h4-7,10-11H,8-9H2,1-3H3,(H,18,22)(H,19,23)(H,20,21). The van der Waals surface area contributed by atoms with Crippen LogP contribution in [0.5, 0.6) is 0 Å². The SMILES string of the molecule is Cc1cccc(Nc2nc(C(=O)NCC(=O)NCC(C)C)cs2)c1. The third-order valence-electron chi connectivity index (χ3n) is 3.12. The van der Waals surface area contributed by atoms with Crippen LogP contribution in [0.15, 0.2) is 29.6 Å². The molecule has 24 heavy (non-hydrogen) atoms. The minimum Gasteiger partial charge on any atom is -0.354 e. The van der Waals surface area contributed by atoms with Crippen molar-refractivity contribution in [3.8, 4) is 0 Å². The van der Waals surface area contributed by atoms with Gasteiger partial charge in [-0.1, -0.05) is 26.0 Å². The van der Waals surface area contributed by atoms with E-state index in [0.717, 1.165) is 11.3 Å². The summed E-state index contributed by atoms with van der Waals surface area (Å²) in [5.74, 6) is -0.188. The van der Waals surface area contributed by atoms with Gasteiger partial charge >= 0.3 is 0 Å². The quantitative estimate of drug-likeness (QED) is 0.720. The van der Waals surface area contributed by atoms with E-state index >= 15 is 0 Å². The molecule has 2 amide bonds. The minimum atomic E-state index is -0.358. The number of rotatable bonds is 7. The van der Waals surface area contributed by atoms with Gasteiger partial charge in [0.15, 0.2) is 5.13 Å². The van der Waals surface area contributed by atoms with Gasteiger partial charge in [-0.3, -0.25) is 9.59 Å². The van der Waals surface area contributed by atoms with Crippen LogP contribution in [0.4, 0.5) is 10.8 Å². The van der Waals surface area contributed by atoms with Gasteiger partial charge in [-0.25, -0.2) is 4.98 Å². The van der Waals surface area contributed by atoms with E-state index in [0.29, 0.717) is 23.3 Å². The van der Waals surface area contributed by atoms with Gasteiger partial charge in [-0.05, 0) is 30.5 Å². The summed E-state index contributed by atoms with van der Waals surface area (Å²) in [5.41, 5.74) is 2.36. The molecule has 7 heteroatoms. The number of thiazole rings is 1. The van der Waals surface area contributed by atoms with Crippen LogP contribution in [-0.2, 0) is 4.79 Å². The van der Waals surface area contributed by atoms with Crippen molar-refractivity contribution < 1.29 is 9.59 Å². The van der Waals surface area contributed by atoms with E-state index in [9.17, 15) is 9.59 Å². The molecule has 1 aromatic carbocycles.